The number of nitrogens with one attached hydrogen (secondary N) is 1. The number of carbonyl (C=O) groups is 1. The van der Waals surface area contributed by atoms with Crippen molar-refractivity contribution in [3.8, 4) is 0 Å². The lowest BCUT2D eigenvalue weighted by atomic mass is 10.1. The van der Waals surface area contributed by atoms with Crippen LogP contribution < -0.4 is 11.1 Å². The van der Waals surface area contributed by atoms with Crippen molar-refractivity contribution in [3.63, 3.8) is 0 Å². The van der Waals surface area contributed by atoms with E-state index in [1.807, 2.05) is 54.6 Å². The minimum Gasteiger partial charge on any atom is -0.391 e. The molecule has 1 heterocycles. The van der Waals surface area contributed by atoms with E-state index in [9.17, 15) is 9.90 Å². The molecule has 0 aromatic heterocycles. The van der Waals surface area contributed by atoms with Crippen LogP contribution in [0, 0.1) is 5.92 Å². The highest BCUT2D eigenvalue weighted by molar-refractivity contribution is 6.04. The van der Waals surface area contributed by atoms with Crippen LogP contribution in [0.2, 0.25) is 0 Å². The van der Waals surface area contributed by atoms with Gasteiger partial charge in [-0.1, -0.05) is 30.3 Å². The number of fused-ring (bicyclic) bond motifs is 2. The fourth-order valence-electron chi connectivity index (χ4n) is 4.14. The van der Waals surface area contributed by atoms with Crippen LogP contribution in [-0.4, -0.2) is 40.6 Å². The highest BCUT2D eigenvalue weighted by atomic mass is 16.3. The Hall–Kier alpha value is -2.21. The molecule has 0 radical (unpaired) electrons. The first-order valence-electron chi connectivity index (χ1n) is 8.75. The second-order valence-electron chi connectivity index (χ2n) is 7.08. The Morgan fingerprint density at radius 1 is 1.16 bits per heavy atom. The van der Waals surface area contributed by atoms with Crippen molar-refractivity contribution in [1.29, 1.82) is 0 Å². The lowest BCUT2D eigenvalue weighted by molar-refractivity contribution is 0.0513. The van der Waals surface area contributed by atoms with E-state index in [4.69, 9.17) is 5.73 Å². The number of piperidine rings is 1. The van der Waals surface area contributed by atoms with Gasteiger partial charge in [0.2, 0.25) is 0 Å². The minimum absolute atomic E-state index is 0.0612. The molecule has 4 atom stereocenters. The first-order valence-corrected chi connectivity index (χ1v) is 8.75. The van der Waals surface area contributed by atoms with E-state index in [0.29, 0.717) is 11.5 Å². The van der Waals surface area contributed by atoms with E-state index in [1.54, 1.807) is 0 Å². The van der Waals surface area contributed by atoms with Crippen LogP contribution in [0.5, 0.6) is 0 Å². The standard InChI is InChI=1S/C20H23N3O2/c21-18-15-10-17(24)19(18)23(12-15)11-13-6-8-14(9-7-13)20(25)22-16-4-2-1-3-5-16/h1-9,15,17-19,24H,10-12,21H2,(H,22,25)/t15-,17+,18-,19-/m1/s1. The van der Waals surface area contributed by atoms with Gasteiger partial charge in [0, 0.05) is 30.4 Å². The van der Waals surface area contributed by atoms with E-state index in [-0.39, 0.29) is 24.1 Å². The summed E-state index contributed by atoms with van der Waals surface area (Å²) in [7, 11) is 0. The van der Waals surface area contributed by atoms with Gasteiger partial charge in [0.05, 0.1) is 12.1 Å². The molecule has 25 heavy (non-hydrogen) atoms. The van der Waals surface area contributed by atoms with Crippen LogP contribution in [0.25, 0.3) is 0 Å². The third-order valence-corrected chi connectivity index (χ3v) is 5.40. The number of aliphatic hydroxyl groups is 1. The number of aliphatic hydroxyl groups excluding tert-OH is 1. The number of likely N-dealkylation sites (tertiary alicyclic amines) is 1. The second-order valence-corrected chi connectivity index (χ2v) is 7.08. The molecule has 2 fully saturated rings. The zero-order valence-electron chi connectivity index (χ0n) is 14.0. The molecule has 2 bridgehead atoms. The molecule has 2 aliphatic rings. The van der Waals surface area contributed by atoms with E-state index < -0.39 is 0 Å². The highest BCUT2D eigenvalue weighted by Crippen LogP contribution is 2.37. The average Bonchev–Trinajstić information content (AvgIpc) is 3.06. The molecule has 1 saturated heterocycles. The highest BCUT2D eigenvalue weighted by Gasteiger charge is 2.50. The molecule has 1 amide bonds. The Morgan fingerprint density at radius 3 is 2.52 bits per heavy atom. The number of para-hydroxylation sites is 1. The molecule has 4 rings (SSSR count). The third kappa shape index (κ3) is 3.18. The molecular formula is C20H23N3O2. The van der Waals surface area contributed by atoms with Crippen molar-refractivity contribution in [3.05, 3.63) is 65.7 Å². The molecule has 5 heteroatoms. The predicted molar refractivity (Wildman–Crippen MR) is 97.1 cm³/mol. The first kappa shape index (κ1) is 16.3. The normalized spacial score (nSPS) is 28.2. The van der Waals surface area contributed by atoms with Gasteiger partial charge in [-0.05, 0) is 42.2 Å². The van der Waals surface area contributed by atoms with Gasteiger partial charge in [-0.3, -0.25) is 9.69 Å². The van der Waals surface area contributed by atoms with Crippen molar-refractivity contribution < 1.29 is 9.90 Å². The smallest absolute Gasteiger partial charge is 0.255 e. The van der Waals surface area contributed by atoms with E-state index in [1.165, 1.54) is 0 Å². The SMILES string of the molecule is N[C@@H]1[C@@H]2C[C@H](O)[C@H]1N(Cc1ccc(C(=O)Nc3ccccc3)cc1)C2. The van der Waals surface area contributed by atoms with Crippen LogP contribution in [0.1, 0.15) is 22.3 Å². The number of benzene rings is 2. The van der Waals surface area contributed by atoms with Gasteiger partial charge < -0.3 is 16.2 Å². The molecule has 1 saturated carbocycles. The maximum atomic E-state index is 12.3. The molecule has 130 valence electrons. The van der Waals surface area contributed by atoms with Gasteiger partial charge in [0.15, 0.2) is 0 Å². The van der Waals surface area contributed by atoms with Crippen molar-refractivity contribution in [1.82, 2.24) is 4.90 Å². The summed E-state index contributed by atoms with van der Waals surface area (Å²) in [6, 6.07) is 17.2. The summed E-state index contributed by atoms with van der Waals surface area (Å²) in [6.07, 6.45) is 0.505. The number of amides is 1. The Labute approximate surface area is 147 Å². The largest absolute Gasteiger partial charge is 0.391 e. The minimum atomic E-state index is -0.315. The summed E-state index contributed by atoms with van der Waals surface area (Å²) in [6.45, 7) is 1.70. The summed E-state index contributed by atoms with van der Waals surface area (Å²) in [4.78, 5) is 14.6. The molecule has 2 aromatic rings. The van der Waals surface area contributed by atoms with Crippen LogP contribution in [-0.2, 0) is 6.54 Å². The van der Waals surface area contributed by atoms with Crippen molar-refractivity contribution in [2.75, 3.05) is 11.9 Å². The van der Waals surface area contributed by atoms with Crippen molar-refractivity contribution in [2.45, 2.75) is 31.2 Å². The van der Waals surface area contributed by atoms with E-state index >= 15 is 0 Å². The Bertz CT molecular complexity index is 747. The quantitative estimate of drug-likeness (QED) is 0.795. The average molecular weight is 337 g/mol. The molecule has 2 aromatic carbocycles. The van der Waals surface area contributed by atoms with Crippen LogP contribution >= 0.6 is 0 Å². The number of hydrogen-bond acceptors (Lipinski definition) is 4. The predicted octanol–water partition coefficient (Wildman–Crippen LogP) is 1.83. The topological polar surface area (TPSA) is 78.6 Å². The Kier molecular flexibility index (Phi) is 4.29. The van der Waals surface area contributed by atoms with Crippen molar-refractivity contribution >= 4 is 11.6 Å². The summed E-state index contributed by atoms with van der Waals surface area (Å²) in [5.41, 5.74) is 8.75. The number of anilines is 1. The summed E-state index contributed by atoms with van der Waals surface area (Å²) in [5.74, 6) is 0.284. The van der Waals surface area contributed by atoms with Gasteiger partial charge in [0.1, 0.15) is 0 Å². The first-order chi connectivity index (χ1) is 12.1. The molecule has 1 aliphatic carbocycles. The fourth-order valence-corrected chi connectivity index (χ4v) is 4.14. The maximum Gasteiger partial charge on any atom is 0.255 e. The monoisotopic (exact) mass is 337 g/mol. The van der Waals surface area contributed by atoms with Gasteiger partial charge in [-0.2, -0.15) is 0 Å². The molecular weight excluding hydrogens is 314 g/mol. The fraction of sp³-hybridized carbons (Fsp3) is 0.350. The molecule has 0 unspecified atom stereocenters. The second kappa shape index (κ2) is 6.59. The van der Waals surface area contributed by atoms with Crippen molar-refractivity contribution in [2.24, 2.45) is 11.7 Å². The lowest BCUT2D eigenvalue weighted by Gasteiger charge is -2.30. The van der Waals surface area contributed by atoms with Crippen LogP contribution in [0.15, 0.2) is 54.6 Å². The molecule has 1 aliphatic heterocycles. The van der Waals surface area contributed by atoms with E-state index in [0.717, 1.165) is 30.8 Å². The van der Waals surface area contributed by atoms with Crippen LogP contribution in [0.3, 0.4) is 0 Å². The number of rotatable bonds is 4. The molecule has 4 N–H and O–H groups in total. The number of nitrogens with two attached hydrogens (primary N) is 1. The van der Waals surface area contributed by atoms with Crippen LogP contribution in [0.4, 0.5) is 5.69 Å². The van der Waals surface area contributed by atoms with Gasteiger partial charge in [0.25, 0.3) is 5.91 Å². The summed E-state index contributed by atoms with van der Waals surface area (Å²) >= 11 is 0. The van der Waals surface area contributed by atoms with Gasteiger partial charge in [-0.25, -0.2) is 0 Å². The third-order valence-electron chi connectivity index (χ3n) is 5.40. The lowest BCUT2D eigenvalue weighted by Crippen LogP contribution is -2.44. The number of hydrogen-bond donors (Lipinski definition) is 3. The number of nitrogens with zero attached hydrogens (tertiary/aromatic N) is 1. The summed E-state index contributed by atoms with van der Waals surface area (Å²) in [5, 5.41) is 13.0. The van der Waals surface area contributed by atoms with E-state index in [2.05, 4.69) is 10.2 Å². The zero-order valence-corrected chi connectivity index (χ0v) is 14.0. The molecule has 5 nitrogen and oxygen atoms in total. The maximum absolute atomic E-state index is 12.3. The summed E-state index contributed by atoms with van der Waals surface area (Å²) < 4.78 is 0. The number of carbonyl (C=O) groups excluding carboxylic acids is 1. The Morgan fingerprint density at radius 2 is 1.88 bits per heavy atom. The van der Waals surface area contributed by atoms with Gasteiger partial charge >= 0.3 is 0 Å². The molecule has 0 spiro atoms. The van der Waals surface area contributed by atoms with Gasteiger partial charge in [-0.15, -0.1) is 0 Å². The Balaban J connectivity index is 1.40. The zero-order chi connectivity index (χ0) is 17.4.